The minimum absolute atomic E-state index is 0.294. The van der Waals surface area contributed by atoms with Gasteiger partial charge < -0.3 is 5.73 Å². The molecule has 0 spiro atoms. The van der Waals surface area contributed by atoms with Crippen molar-refractivity contribution in [1.82, 2.24) is 4.90 Å². The molecule has 2 heterocycles. The predicted octanol–water partition coefficient (Wildman–Crippen LogP) is 0.437. The fourth-order valence-corrected chi connectivity index (χ4v) is 3.96. The molecule has 0 amide bonds. The Morgan fingerprint density at radius 3 is 2.44 bits per heavy atom. The van der Waals surface area contributed by atoms with Gasteiger partial charge in [0, 0.05) is 35.9 Å². The van der Waals surface area contributed by atoms with E-state index in [9.17, 15) is 8.42 Å². The maximum atomic E-state index is 11.3. The smallest absolute Gasteiger partial charge is 0.152 e. The molecule has 16 heavy (non-hydrogen) atoms. The van der Waals surface area contributed by atoms with E-state index in [1.54, 1.807) is 11.3 Å². The van der Waals surface area contributed by atoms with Gasteiger partial charge in [0.15, 0.2) is 9.84 Å². The average molecular weight is 260 g/mol. The summed E-state index contributed by atoms with van der Waals surface area (Å²) in [7, 11) is -2.77. The molecule has 6 heteroatoms. The quantitative estimate of drug-likeness (QED) is 0.856. The van der Waals surface area contributed by atoms with Gasteiger partial charge in [0.2, 0.25) is 0 Å². The van der Waals surface area contributed by atoms with E-state index >= 15 is 0 Å². The van der Waals surface area contributed by atoms with E-state index in [4.69, 9.17) is 5.73 Å². The first-order valence-corrected chi connectivity index (χ1v) is 7.93. The van der Waals surface area contributed by atoms with Crippen LogP contribution in [0.25, 0.3) is 0 Å². The molecule has 0 unspecified atom stereocenters. The Balaban J connectivity index is 1.91. The summed E-state index contributed by atoms with van der Waals surface area (Å²) in [4.78, 5) is 4.63. The molecule has 0 saturated carbocycles. The lowest BCUT2D eigenvalue weighted by molar-refractivity contribution is 0.290. The first-order chi connectivity index (χ1) is 7.59. The third-order valence-electron chi connectivity index (χ3n) is 2.73. The molecule has 0 atom stereocenters. The average Bonchev–Trinajstić information content (AvgIpc) is 2.69. The van der Waals surface area contributed by atoms with Crippen LogP contribution >= 0.6 is 11.3 Å². The van der Waals surface area contributed by atoms with Crippen molar-refractivity contribution in [3.05, 3.63) is 21.9 Å². The van der Waals surface area contributed by atoms with E-state index in [2.05, 4.69) is 11.0 Å². The second-order valence-electron chi connectivity index (χ2n) is 4.00. The van der Waals surface area contributed by atoms with Crippen molar-refractivity contribution in [1.29, 1.82) is 0 Å². The molecule has 90 valence electrons. The lowest BCUT2D eigenvalue weighted by Gasteiger charge is -2.25. The fraction of sp³-hybridized carbons (Fsp3) is 0.600. The van der Waals surface area contributed by atoms with Crippen molar-refractivity contribution in [2.45, 2.75) is 13.1 Å². The van der Waals surface area contributed by atoms with Crippen LogP contribution in [0.2, 0.25) is 0 Å². The van der Waals surface area contributed by atoms with Gasteiger partial charge >= 0.3 is 0 Å². The number of sulfone groups is 1. The summed E-state index contributed by atoms with van der Waals surface area (Å²) >= 11 is 1.71. The number of nitrogens with zero attached hydrogens (tertiary/aromatic N) is 1. The van der Waals surface area contributed by atoms with Crippen molar-refractivity contribution < 1.29 is 8.42 Å². The van der Waals surface area contributed by atoms with Crippen molar-refractivity contribution in [2.75, 3.05) is 24.6 Å². The molecule has 2 N–H and O–H groups in total. The topological polar surface area (TPSA) is 63.4 Å². The van der Waals surface area contributed by atoms with Crippen LogP contribution in [0.1, 0.15) is 9.75 Å². The van der Waals surface area contributed by atoms with Gasteiger partial charge in [0.1, 0.15) is 0 Å². The summed E-state index contributed by atoms with van der Waals surface area (Å²) in [5.41, 5.74) is 5.55. The Morgan fingerprint density at radius 2 is 1.88 bits per heavy atom. The number of rotatable bonds is 3. The molecule has 0 radical (unpaired) electrons. The highest BCUT2D eigenvalue weighted by atomic mass is 32.2. The maximum absolute atomic E-state index is 11.3. The van der Waals surface area contributed by atoms with Gasteiger partial charge in [0.25, 0.3) is 0 Å². The highest BCUT2D eigenvalue weighted by Crippen LogP contribution is 2.18. The molecule has 1 saturated heterocycles. The zero-order valence-corrected chi connectivity index (χ0v) is 10.7. The monoisotopic (exact) mass is 260 g/mol. The van der Waals surface area contributed by atoms with Crippen LogP contribution in [0.3, 0.4) is 0 Å². The second kappa shape index (κ2) is 4.83. The Bertz CT molecular complexity index is 439. The Labute approximate surface area is 100.0 Å². The second-order valence-corrected chi connectivity index (χ2v) is 7.56. The fourth-order valence-electron chi connectivity index (χ4n) is 1.75. The van der Waals surface area contributed by atoms with Gasteiger partial charge in [-0.2, -0.15) is 0 Å². The summed E-state index contributed by atoms with van der Waals surface area (Å²) < 4.78 is 22.5. The van der Waals surface area contributed by atoms with Crippen molar-refractivity contribution in [3.63, 3.8) is 0 Å². The molecule has 4 nitrogen and oxygen atoms in total. The van der Waals surface area contributed by atoms with Gasteiger partial charge in [-0.05, 0) is 12.1 Å². The van der Waals surface area contributed by atoms with E-state index in [0.717, 1.165) is 6.54 Å². The number of hydrogen-bond acceptors (Lipinski definition) is 5. The first-order valence-electron chi connectivity index (χ1n) is 5.29. The molecule has 1 fully saturated rings. The SMILES string of the molecule is NCc1ccc(CN2CCS(=O)(=O)CC2)s1. The largest absolute Gasteiger partial charge is 0.326 e. The number of hydrogen-bond donors (Lipinski definition) is 1. The van der Waals surface area contributed by atoms with E-state index < -0.39 is 9.84 Å². The van der Waals surface area contributed by atoms with Crippen LogP contribution in [-0.2, 0) is 22.9 Å². The van der Waals surface area contributed by atoms with Crippen LogP contribution in [0.5, 0.6) is 0 Å². The molecule has 0 aromatic carbocycles. The summed E-state index contributed by atoms with van der Waals surface area (Å²) in [6, 6.07) is 4.12. The van der Waals surface area contributed by atoms with Crippen molar-refractivity contribution in [3.8, 4) is 0 Å². The lowest BCUT2D eigenvalue weighted by Crippen LogP contribution is -2.39. The third kappa shape index (κ3) is 3.04. The molecule has 1 aliphatic heterocycles. The number of nitrogens with two attached hydrogens (primary N) is 1. The predicted molar refractivity (Wildman–Crippen MR) is 66.1 cm³/mol. The van der Waals surface area contributed by atoms with Crippen molar-refractivity contribution in [2.24, 2.45) is 5.73 Å². The highest BCUT2D eigenvalue weighted by molar-refractivity contribution is 7.91. The Hall–Kier alpha value is -0.430. The normalized spacial score (nSPS) is 21.1. The Kier molecular flexibility index (Phi) is 3.63. The van der Waals surface area contributed by atoms with Crippen LogP contribution in [-0.4, -0.2) is 37.9 Å². The maximum Gasteiger partial charge on any atom is 0.152 e. The van der Waals surface area contributed by atoms with Crippen LogP contribution in [0.15, 0.2) is 12.1 Å². The summed E-state index contributed by atoms with van der Waals surface area (Å²) in [5.74, 6) is 0.588. The third-order valence-corrected chi connectivity index (χ3v) is 5.44. The van der Waals surface area contributed by atoms with E-state index in [0.29, 0.717) is 31.1 Å². The van der Waals surface area contributed by atoms with Crippen molar-refractivity contribution >= 4 is 21.2 Å². The van der Waals surface area contributed by atoms with E-state index in [1.165, 1.54) is 9.75 Å². The van der Waals surface area contributed by atoms with Crippen LogP contribution in [0.4, 0.5) is 0 Å². The van der Waals surface area contributed by atoms with E-state index in [1.807, 2.05) is 6.07 Å². The van der Waals surface area contributed by atoms with E-state index in [-0.39, 0.29) is 0 Å². The minimum atomic E-state index is -2.77. The molecule has 0 aliphatic carbocycles. The van der Waals surface area contributed by atoms with Crippen LogP contribution in [0, 0.1) is 0 Å². The molecule has 2 rings (SSSR count). The minimum Gasteiger partial charge on any atom is -0.326 e. The molecular formula is C10H16N2O2S2. The summed E-state index contributed by atoms with van der Waals surface area (Å²) in [6.07, 6.45) is 0. The highest BCUT2D eigenvalue weighted by Gasteiger charge is 2.21. The lowest BCUT2D eigenvalue weighted by atomic mass is 10.4. The van der Waals surface area contributed by atoms with Crippen LogP contribution < -0.4 is 5.73 Å². The zero-order valence-electron chi connectivity index (χ0n) is 9.05. The molecular weight excluding hydrogens is 244 g/mol. The van der Waals surface area contributed by atoms with Gasteiger partial charge in [-0.1, -0.05) is 0 Å². The standard InChI is InChI=1S/C10H16N2O2S2/c11-7-9-1-2-10(15-9)8-12-3-5-16(13,14)6-4-12/h1-2H,3-8,11H2. The number of thiophene rings is 1. The zero-order chi connectivity index (χ0) is 11.6. The summed E-state index contributed by atoms with van der Waals surface area (Å²) in [6.45, 7) is 2.73. The molecule has 1 aromatic heterocycles. The van der Waals surface area contributed by atoms with Gasteiger partial charge in [-0.15, -0.1) is 11.3 Å². The van der Waals surface area contributed by atoms with Gasteiger partial charge in [0.05, 0.1) is 11.5 Å². The summed E-state index contributed by atoms with van der Waals surface area (Å²) in [5, 5.41) is 0. The Morgan fingerprint density at radius 1 is 1.25 bits per heavy atom. The first kappa shape index (κ1) is 12.0. The van der Waals surface area contributed by atoms with Gasteiger partial charge in [-0.25, -0.2) is 8.42 Å². The molecule has 1 aliphatic rings. The molecule has 0 bridgehead atoms. The molecule has 1 aromatic rings. The van der Waals surface area contributed by atoms with Gasteiger partial charge in [-0.3, -0.25) is 4.90 Å².